The number of hydrogen-bond donors (Lipinski definition) is 5. The van der Waals surface area contributed by atoms with Gasteiger partial charge in [-0.2, -0.15) is 0 Å². The molecule has 3 saturated heterocycles. The minimum atomic E-state index is -1.36. The Bertz CT molecular complexity index is 2870. The van der Waals surface area contributed by atoms with E-state index in [0.29, 0.717) is 85.3 Å². The third-order valence-corrected chi connectivity index (χ3v) is 16.7. The Kier molecular flexibility index (Phi) is 12.9. The van der Waals surface area contributed by atoms with E-state index in [1.165, 1.54) is 20.1 Å². The zero-order chi connectivity index (χ0) is 49.2. The summed E-state index contributed by atoms with van der Waals surface area (Å²) in [7, 11) is 1.64. The highest BCUT2D eigenvalue weighted by molar-refractivity contribution is 6.31. The number of fused-ring (bicyclic) bond motifs is 4. The number of hydrogen-bond acceptors (Lipinski definition) is 9. The van der Waals surface area contributed by atoms with Crippen molar-refractivity contribution in [3.63, 3.8) is 0 Å². The van der Waals surface area contributed by atoms with Crippen molar-refractivity contribution in [1.82, 2.24) is 30.0 Å². The number of benzene rings is 3. The lowest BCUT2D eigenvalue weighted by Gasteiger charge is -2.47. The first-order valence-electron chi connectivity index (χ1n) is 24.4. The molecule has 6 aliphatic rings. The lowest BCUT2D eigenvalue weighted by atomic mass is 9.55. The van der Waals surface area contributed by atoms with E-state index in [4.69, 9.17) is 27.9 Å². The number of aromatic nitrogens is 2. The average Bonchev–Trinajstić information content (AvgIpc) is 4.05. The summed E-state index contributed by atoms with van der Waals surface area (Å²) in [6.45, 7) is 0.447. The van der Waals surface area contributed by atoms with Gasteiger partial charge < -0.3 is 25.4 Å². The molecule has 2 saturated carbocycles. The van der Waals surface area contributed by atoms with Crippen molar-refractivity contribution in [2.45, 2.75) is 137 Å². The summed E-state index contributed by atoms with van der Waals surface area (Å²) in [5.74, 6) is -5.03. The van der Waals surface area contributed by atoms with Crippen LogP contribution in [0.2, 0.25) is 10.0 Å². The predicted molar refractivity (Wildman–Crippen MR) is 257 cm³/mol. The summed E-state index contributed by atoms with van der Waals surface area (Å²) < 4.78 is 25.5. The highest BCUT2D eigenvalue weighted by Crippen LogP contribution is 2.63. The molecule has 0 bridgehead atoms. The van der Waals surface area contributed by atoms with Crippen LogP contribution in [0.5, 0.6) is 0 Å². The molecule has 1 aromatic heterocycles. The molecular formula is C51H56Cl2FN7O9. The number of amides is 5. The predicted octanol–water partition coefficient (Wildman–Crippen LogP) is 5.79. The van der Waals surface area contributed by atoms with Crippen molar-refractivity contribution in [2.24, 2.45) is 13.0 Å². The Labute approximate surface area is 412 Å². The van der Waals surface area contributed by atoms with Gasteiger partial charge in [-0.05, 0) is 105 Å². The second-order valence-corrected chi connectivity index (χ2v) is 20.9. The van der Waals surface area contributed by atoms with E-state index in [-0.39, 0.29) is 71.8 Å². The fraction of sp³-hybridized carbons (Fsp3) is 0.510. The monoisotopic (exact) mass is 999 g/mol. The number of carboxylic acid groups (broad SMARTS) is 1. The third kappa shape index (κ3) is 8.10. The maximum atomic E-state index is 16.4. The smallest absolute Gasteiger partial charge is 0.329 e. The Balaban J connectivity index is 0.778. The van der Waals surface area contributed by atoms with Gasteiger partial charge in [-0.25, -0.2) is 14.0 Å². The van der Waals surface area contributed by atoms with Crippen molar-refractivity contribution in [3.8, 4) is 0 Å². The highest BCUT2D eigenvalue weighted by atomic mass is 35.5. The van der Waals surface area contributed by atoms with Crippen LogP contribution in [0.4, 0.5) is 10.1 Å². The van der Waals surface area contributed by atoms with E-state index in [9.17, 15) is 38.7 Å². The van der Waals surface area contributed by atoms with Gasteiger partial charge in [-0.1, -0.05) is 66.7 Å². The molecule has 2 aliphatic carbocycles. The fourth-order valence-electron chi connectivity index (χ4n) is 12.9. The Morgan fingerprint density at radius 2 is 1.70 bits per heavy atom. The summed E-state index contributed by atoms with van der Waals surface area (Å²) >= 11 is 12.8. The van der Waals surface area contributed by atoms with Gasteiger partial charge in [0.2, 0.25) is 29.5 Å². The quantitative estimate of drug-likeness (QED) is 0.0903. The van der Waals surface area contributed by atoms with Crippen LogP contribution in [0.15, 0.2) is 59.4 Å². The number of aliphatic carboxylic acids is 1. The number of aryl methyl sites for hydroxylation is 2. The fourth-order valence-corrected chi connectivity index (χ4v) is 13.3. The standard InChI is InChI=1S/C51H56Cl2FN7O9/c1-59-38-23-27(10-17-36(38)61(49(59)69)37-18-19-40(62)57-44(37)63)7-6-22-70-31-25-39(47(66)67)60(26-31)46(65)28-11-14-30(15-12-28)55-45(64)43-41(32-8-5-9-34(53)42(32)54)51(50(58-43)20-3-2-4-21-50)33-16-13-29(52)24-35(33)56-48(51)68/h5,8-10,13,16-17,23-24,28,30-31,37,39,41,43,58H,2-4,6-7,11-12,14-15,18-22,25-26H2,1H3,(H,55,64)(H,56,68)(H,66,67)(H,57,62,63)/t28?,30?,31-,37?,39+,41+,43-,51-/m1/s1. The maximum Gasteiger partial charge on any atom is 0.329 e. The summed E-state index contributed by atoms with van der Waals surface area (Å²) in [5.41, 5.74) is 0.955. The topological polar surface area (TPSA) is 210 Å². The van der Waals surface area contributed by atoms with E-state index in [0.717, 1.165) is 24.8 Å². The van der Waals surface area contributed by atoms with E-state index < -0.39 is 64.7 Å². The second kappa shape index (κ2) is 18.9. The molecule has 4 aliphatic heterocycles. The largest absolute Gasteiger partial charge is 0.480 e. The Morgan fingerprint density at radius 3 is 2.44 bits per heavy atom. The van der Waals surface area contributed by atoms with Gasteiger partial charge in [-0.3, -0.25) is 43.7 Å². The molecular weight excluding hydrogens is 945 g/mol. The number of nitrogens with zero attached hydrogens (tertiary/aromatic N) is 3. The van der Waals surface area contributed by atoms with Crippen LogP contribution in [-0.4, -0.2) is 97.6 Å². The first kappa shape index (κ1) is 48.0. The number of halogens is 3. The summed E-state index contributed by atoms with van der Waals surface area (Å²) in [6.07, 6.45) is 6.75. The van der Waals surface area contributed by atoms with Crippen LogP contribution >= 0.6 is 23.2 Å². The Morgan fingerprint density at radius 1 is 0.929 bits per heavy atom. The van der Waals surface area contributed by atoms with Gasteiger partial charge in [-0.15, -0.1) is 0 Å². The molecule has 10 rings (SSSR count). The van der Waals surface area contributed by atoms with E-state index in [2.05, 4.69) is 21.3 Å². The molecule has 1 unspecified atom stereocenters. The molecule has 70 heavy (non-hydrogen) atoms. The van der Waals surface area contributed by atoms with Crippen LogP contribution in [0.25, 0.3) is 11.0 Å². The van der Waals surface area contributed by atoms with Gasteiger partial charge in [0.25, 0.3) is 0 Å². The number of carbonyl (C=O) groups is 6. The molecule has 2 spiro atoms. The van der Waals surface area contributed by atoms with Crippen LogP contribution in [0, 0.1) is 11.7 Å². The SMILES string of the molecule is Cn1c(=O)n(C2CCC(=O)NC2=O)c2ccc(CCCO[C@@H]3C[C@@H](C(=O)O)N(C(=O)C4CCC(NC(=O)[C@@H]5NC6(CCCCC6)[C@@]6(C(=O)Nc7cc(Cl)ccc76)[C@H]5c5cccc(Cl)c5F)CC4)C3)cc21. The number of carbonyl (C=O) groups excluding carboxylic acids is 5. The first-order valence-corrected chi connectivity index (χ1v) is 25.2. The summed E-state index contributed by atoms with van der Waals surface area (Å²) in [4.78, 5) is 95.0. The van der Waals surface area contributed by atoms with Crippen LogP contribution < -0.4 is 27.0 Å². The summed E-state index contributed by atoms with van der Waals surface area (Å²) in [5, 5.41) is 22.8. The van der Waals surface area contributed by atoms with E-state index >= 15 is 4.39 Å². The van der Waals surface area contributed by atoms with Crippen molar-refractivity contribution in [2.75, 3.05) is 18.5 Å². The van der Waals surface area contributed by atoms with Gasteiger partial charge >= 0.3 is 11.7 Å². The number of carboxylic acids is 1. The maximum absolute atomic E-state index is 16.4. The molecule has 4 aromatic rings. The first-order chi connectivity index (χ1) is 33.6. The minimum Gasteiger partial charge on any atom is -0.480 e. The number of nitrogens with one attached hydrogen (secondary N) is 4. The van der Waals surface area contributed by atoms with Gasteiger partial charge in [0.05, 0.1) is 28.2 Å². The zero-order valence-corrected chi connectivity index (χ0v) is 40.3. The molecule has 6 atom stereocenters. The van der Waals surface area contributed by atoms with Crippen molar-refractivity contribution in [3.05, 3.63) is 97.6 Å². The lowest BCUT2D eigenvalue weighted by Crippen LogP contribution is -2.60. The molecule has 370 valence electrons. The molecule has 5 amide bonds. The molecule has 3 aromatic carbocycles. The second-order valence-electron chi connectivity index (χ2n) is 20.1. The minimum absolute atomic E-state index is 0.112. The third-order valence-electron chi connectivity index (χ3n) is 16.2. The number of piperidine rings is 1. The number of imidazole rings is 1. The molecule has 0 radical (unpaired) electrons. The number of imide groups is 1. The van der Waals surface area contributed by atoms with E-state index in [1.54, 1.807) is 37.4 Å². The van der Waals surface area contributed by atoms with Gasteiger partial charge in [0.15, 0.2) is 0 Å². The molecule has 5 heterocycles. The lowest BCUT2D eigenvalue weighted by molar-refractivity contribution is -0.150. The highest BCUT2D eigenvalue weighted by Gasteiger charge is 2.72. The van der Waals surface area contributed by atoms with Crippen molar-refractivity contribution in [1.29, 1.82) is 0 Å². The van der Waals surface area contributed by atoms with Crippen LogP contribution in [-0.2, 0) is 52.4 Å². The Hall–Kier alpha value is -5.62. The van der Waals surface area contributed by atoms with Crippen LogP contribution in [0.1, 0.15) is 112 Å². The molecule has 5 fully saturated rings. The van der Waals surface area contributed by atoms with Crippen molar-refractivity contribution < 1.29 is 43.0 Å². The number of likely N-dealkylation sites (tertiary alicyclic amines) is 1. The molecule has 19 heteroatoms. The summed E-state index contributed by atoms with van der Waals surface area (Å²) in [6, 6.07) is 12.3. The van der Waals surface area contributed by atoms with Gasteiger partial charge in [0.1, 0.15) is 23.3 Å². The van der Waals surface area contributed by atoms with Crippen LogP contribution in [0.3, 0.4) is 0 Å². The normalized spacial score (nSPS) is 28.3. The average molecular weight is 1000 g/mol. The van der Waals surface area contributed by atoms with Crippen molar-refractivity contribution >= 4 is 75.4 Å². The number of rotatable bonds is 11. The van der Waals surface area contributed by atoms with Gasteiger partial charge in [0, 0.05) is 67.2 Å². The van der Waals surface area contributed by atoms with E-state index in [1.807, 2.05) is 18.2 Å². The molecule has 5 N–H and O–H groups in total. The number of ether oxygens (including phenoxy) is 1. The zero-order valence-electron chi connectivity index (χ0n) is 38.7. The molecule has 16 nitrogen and oxygen atoms in total. The number of anilines is 1.